The Hall–Kier alpha value is -4.83. The van der Waals surface area contributed by atoms with E-state index in [0.717, 1.165) is 44.7 Å². The minimum atomic E-state index is -0.995. The van der Waals surface area contributed by atoms with E-state index in [-0.39, 0.29) is 5.75 Å². The molecule has 0 unspecified atom stereocenters. The largest absolute Gasteiger partial charge is 0.508 e. The number of ether oxygens (including phenoxy) is 1. The minimum absolute atomic E-state index is 0.185. The summed E-state index contributed by atoms with van der Waals surface area (Å²) in [5, 5.41) is 20.8. The average molecular weight is 459 g/mol. The van der Waals surface area contributed by atoms with Gasteiger partial charge in [-0.15, -0.1) is 0 Å². The van der Waals surface area contributed by atoms with Crippen molar-refractivity contribution in [2.45, 2.75) is 0 Å². The van der Waals surface area contributed by atoms with Crippen LogP contribution in [-0.4, -0.2) is 16.2 Å². The molecule has 0 amide bonds. The molecule has 5 aromatic rings. The number of carboxylic acid groups (broad SMARTS) is 1. The Kier molecular flexibility index (Phi) is 6.01. The molecule has 35 heavy (non-hydrogen) atoms. The Bertz CT molecular complexity index is 1520. The number of carbonyl (C=O) groups is 1. The van der Waals surface area contributed by atoms with Crippen LogP contribution in [0.25, 0.3) is 39.1 Å². The van der Waals surface area contributed by atoms with Crippen LogP contribution >= 0.6 is 0 Å². The fourth-order valence-electron chi connectivity index (χ4n) is 4.14. The van der Waals surface area contributed by atoms with Crippen LogP contribution in [0.2, 0.25) is 0 Å². The molecule has 5 rings (SSSR count). The van der Waals surface area contributed by atoms with E-state index in [4.69, 9.17) is 9.84 Å². The first kappa shape index (κ1) is 22.0. The van der Waals surface area contributed by atoms with Crippen LogP contribution in [0.15, 0.2) is 115 Å². The maximum Gasteiger partial charge on any atom is 0.328 e. The lowest BCUT2D eigenvalue weighted by Gasteiger charge is -2.19. The molecule has 0 fully saturated rings. The first-order chi connectivity index (χ1) is 17.1. The fraction of sp³-hybridized carbons (Fsp3) is 0. The van der Waals surface area contributed by atoms with Gasteiger partial charge in [-0.05, 0) is 70.1 Å². The van der Waals surface area contributed by atoms with Gasteiger partial charge in [0.2, 0.25) is 0 Å². The van der Waals surface area contributed by atoms with Crippen LogP contribution < -0.4 is 4.74 Å². The van der Waals surface area contributed by atoms with E-state index in [9.17, 15) is 9.90 Å². The van der Waals surface area contributed by atoms with Crippen LogP contribution in [0.5, 0.6) is 17.2 Å². The molecule has 0 aliphatic carbocycles. The van der Waals surface area contributed by atoms with Crippen molar-refractivity contribution in [3.8, 4) is 39.5 Å². The highest BCUT2D eigenvalue weighted by atomic mass is 16.5. The van der Waals surface area contributed by atoms with Gasteiger partial charge in [-0.2, -0.15) is 0 Å². The van der Waals surface area contributed by atoms with E-state index in [0.29, 0.717) is 11.5 Å². The zero-order valence-electron chi connectivity index (χ0n) is 18.8. The Labute approximate surface area is 203 Å². The quantitative estimate of drug-likeness (QED) is 0.255. The average Bonchev–Trinajstić information content (AvgIpc) is 2.89. The van der Waals surface area contributed by atoms with Crippen LogP contribution in [-0.2, 0) is 4.79 Å². The SMILES string of the molecule is O=C(O)C=Cc1ccc(Oc2c(-c3ccccc3)c(-c3ccccc3)cc3cc(O)ccc23)cc1. The molecular formula is C31H22O4. The molecule has 0 atom stereocenters. The normalized spacial score (nSPS) is 11.1. The molecule has 0 spiro atoms. The van der Waals surface area contributed by atoms with E-state index in [1.807, 2.05) is 66.7 Å². The maximum absolute atomic E-state index is 10.8. The van der Waals surface area contributed by atoms with Crippen LogP contribution in [0.4, 0.5) is 0 Å². The number of rotatable bonds is 6. The fourth-order valence-corrected chi connectivity index (χ4v) is 4.14. The number of fused-ring (bicyclic) bond motifs is 1. The molecule has 170 valence electrons. The lowest BCUT2D eigenvalue weighted by molar-refractivity contribution is -0.131. The van der Waals surface area contributed by atoms with Crippen molar-refractivity contribution < 1.29 is 19.7 Å². The Morgan fingerprint density at radius 3 is 2.06 bits per heavy atom. The number of aliphatic carboxylic acids is 1. The van der Waals surface area contributed by atoms with E-state index in [2.05, 4.69) is 30.3 Å². The topological polar surface area (TPSA) is 66.8 Å². The van der Waals surface area contributed by atoms with E-state index in [1.165, 1.54) is 6.08 Å². The van der Waals surface area contributed by atoms with Gasteiger partial charge in [0.05, 0.1) is 0 Å². The summed E-state index contributed by atoms with van der Waals surface area (Å²) in [6.07, 6.45) is 2.64. The molecule has 5 aromatic carbocycles. The number of hydrogen-bond acceptors (Lipinski definition) is 3. The van der Waals surface area contributed by atoms with E-state index < -0.39 is 5.97 Å². The predicted molar refractivity (Wildman–Crippen MR) is 140 cm³/mol. The highest BCUT2D eigenvalue weighted by Gasteiger charge is 2.19. The summed E-state index contributed by atoms with van der Waals surface area (Å²) in [7, 11) is 0. The summed E-state index contributed by atoms with van der Waals surface area (Å²) >= 11 is 0. The number of benzene rings is 5. The van der Waals surface area contributed by atoms with Crippen molar-refractivity contribution in [3.63, 3.8) is 0 Å². The molecule has 4 heteroatoms. The van der Waals surface area contributed by atoms with Crippen molar-refractivity contribution in [3.05, 3.63) is 121 Å². The lowest BCUT2D eigenvalue weighted by Crippen LogP contribution is -1.94. The van der Waals surface area contributed by atoms with Gasteiger partial charge in [-0.3, -0.25) is 0 Å². The van der Waals surface area contributed by atoms with Gasteiger partial charge in [0.1, 0.15) is 17.2 Å². The third kappa shape index (κ3) is 4.77. The van der Waals surface area contributed by atoms with Crippen LogP contribution in [0.3, 0.4) is 0 Å². The summed E-state index contributed by atoms with van der Waals surface area (Å²) in [5.41, 5.74) is 4.75. The summed E-state index contributed by atoms with van der Waals surface area (Å²) < 4.78 is 6.54. The first-order valence-electron chi connectivity index (χ1n) is 11.2. The molecule has 0 radical (unpaired) electrons. The van der Waals surface area contributed by atoms with Crippen molar-refractivity contribution in [2.24, 2.45) is 0 Å². The molecule has 0 aliphatic heterocycles. The summed E-state index contributed by atoms with van der Waals surface area (Å²) in [4.78, 5) is 10.8. The van der Waals surface area contributed by atoms with Gasteiger partial charge in [-0.1, -0.05) is 72.8 Å². The number of carboxylic acids is 1. The van der Waals surface area contributed by atoms with E-state index >= 15 is 0 Å². The minimum Gasteiger partial charge on any atom is -0.508 e. The molecule has 0 aliphatic rings. The molecule has 0 saturated carbocycles. The van der Waals surface area contributed by atoms with Crippen LogP contribution in [0, 0.1) is 0 Å². The zero-order chi connectivity index (χ0) is 24.2. The molecule has 0 saturated heterocycles. The second kappa shape index (κ2) is 9.57. The van der Waals surface area contributed by atoms with Gasteiger partial charge in [-0.25, -0.2) is 4.79 Å². The van der Waals surface area contributed by atoms with Gasteiger partial charge >= 0.3 is 5.97 Å². The highest BCUT2D eigenvalue weighted by molar-refractivity contribution is 6.03. The summed E-state index contributed by atoms with van der Waals surface area (Å²) in [6, 6.07) is 34.8. The highest BCUT2D eigenvalue weighted by Crippen LogP contribution is 2.46. The lowest BCUT2D eigenvalue weighted by atomic mass is 9.90. The molecular weight excluding hydrogens is 436 g/mol. The first-order valence-corrected chi connectivity index (χ1v) is 11.2. The van der Waals surface area contributed by atoms with Gasteiger partial charge in [0, 0.05) is 17.0 Å². The Balaban J connectivity index is 1.73. The van der Waals surface area contributed by atoms with Crippen molar-refractivity contribution in [2.75, 3.05) is 0 Å². The standard InChI is InChI=1S/C31H22O4/c32-25-14-17-27-24(19-25)20-28(22-7-3-1-4-8-22)30(23-9-5-2-6-10-23)31(27)35-26-15-11-21(12-16-26)13-18-29(33)34/h1-20,32H,(H,33,34). The third-order valence-corrected chi connectivity index (χ3v) is 5.74. The maximum atomic E-state index is 10.8. The number of phenols is 1. The number of aromatic hydroxyl groups is 1. The molecule has 2 N–H and O–H groups in total. The Morgan fingerprint density at radius 2 is 1.40 bits per heavy atom. The molecule has 0 bridgehead atoms. The number of hydrogen-bond donors (Lipinski definition) is 2. The summed E-state index contributed by atoms with van der Waals surface area (Å²) in [6.45, 7) is 0. The van der Waals surface area contributed by atoms with Gasteiger partial charge in [0.25, 0.3) is 0 Å². The number of phenolic OH excluding ortho intramolecular Hbond substituents is 1. The van der Waals surface area contributed by atoms with Crippen molar-refractivity contribution in [1.82, 2.24) is 0 Å². The monoisotopic (exact) mass is 458 g/mol. The zero-order valence-corrected chi connectivity index (χ0v) is 18.8. The predicted octanol–water partition coefficient (Wildman–Crippen LogP) is 7.77. The summed E-state index contributed by atoms with van der Waals surface area (Å²) in [5.74, 6) is 0.491. The third-order valence-electron chi connectivity index (χ3n) is 5.74. The molecule has 0 heterocycles. The molecule has 0 aromatic heterocycles. The van der Waals surface area contributed by atoms with Crippen molar-refractivity contribution in [1.29, 1.82) is 0 Å². The van der Waals surface area contributed by atoms with Crippen LogP contribution in [0.1, 0.15) is 5.56 Å². The molecule has 4 nitrogen and oxygen atoms in total. The second-order valence-electron chi connectivity index (χ2n) is 8.11. The second-order valence-corrected chi connectivity index (χ2v) is 8.11. The van der Waals surface area contributed by atoms with Crippen molar-refractivity contribution >= 4 is 22.8 Å². The van der Waals surface area contributed by atoms with E-state index in [1.54, 1.807) is 12.1 Å². The smallest absolute Gasteiger partial charge is 0.328 e. The van der Waals surface area contributed by atoms with Gasteiger partial charge < -0.3 is 14.9 Å². The van der Waals surface area contributed by atoms with Gasteiger partial charge in [0.15, 0.2) is 0 Å². The Morgan fingerprint density at radius 1 is 0.743 bits per heavy atom.